The molecule has 0 saturated heterocycles. The summed E-state index contributed by atoms with van der Waals surface area (Å²) in [4.78, 5) is 37.5. The molecule has 5 aromatic heterocycles. The standard InChI is InChI=1S/C25H21ClN6O2.C6H6O3S/c1-3-16-23-19(10-21(26)29-16)30-24(32-23)14-8-13-17(31-25(14)33)6-7-27-22(13)15-11-28-18(12-4-5-12)9-20(15)34-2;7-10(8,9)6-4-2-1-3-5-6/h6-12H,3-5H2,1-2H3,(H,30,32)(H,31,33);1-5H,(H,7,8,9). The summed E-state index contributed by atoms with van der Waals surface area (Å²) in [7, 11) is -2.36. The number of pyridine rings is 4. The van der Waals surface area contributed by atoms with Crippen molar-refractivity contribution in [2.45, 2.75) is 37.0 Å². The minimum Gasteiger partial charge on any atom is -0.496 e. The summed E-state index contributed by atoms with van der Waals surface area (Å²) in [5, 5.41) is 1.15. The third kappa shape index (κ3) is 5.91. The molecule has 0 spiro atoms. The second-order valence-electron chi connectivity index (χ2n) is 10.2. The molecule has 1 aromatic carbocycles. The minimum absolute atomic E-state index is 0.0741. The van der Waals surface area contributed by atoms with E-state index in [1.807, 2.05) is 19.1 Å². The Morgan fingerprint density at radius 1 is 1.00 bits per heavy atom. The van der Waals surface area contributed by atoms with Gasteiger partial charge < -0.3 is 14.7 Å². The van der Waals surface area contributed by atoms with E-state index in [9.17, 15) is 13.2 Å². The number of benzene rings is 1. The average molecular weight is 631 g/mol. The second-order valence-corrected chi connectivity index (χ2v) is 12.0. The maximum atomic E-state index is 13.0. The quantitative estimate of drug-likeness (QED) is 0.149. The van der Waals surface area contributed by atoms with Crippen molar-refractivity contribution in [2.24, 2.45) is 0 Å². The van der Waals surface area contributed by atoms with Crippen LogP contribution in [0.3, 0.4) is 0 Å². The van der Waals surface area contributed by atoms with Gasteiger partial charge in [-0.2, -0.15) is 8.42 Å². The fourth-order valence-electron chi connectivity index (χ4n) is 4.93. The lowest BCUT2D eigenvalue weighted by Gasteiger charge is -2.12. The molecule has 0 atom stereocenters. The summed E-state index contributed by atoms with van der Waals surface area (Å²) in [5.74, 6) is 1.66. The first-order valence-corrected chi connectivity index (χ1v) is 15.6. The molecule has 224 valence electrons. The van der Waals surface area contributed by atoms with Crippen LogP contribution in [0.2, 0.25) is 5.15 Å². The molecule has 3 N–H and O–H groups in total. The van der Waals surface area contributed by atoms with Crippen LogP contribution in [0.5, 0.6) is 5.75 Å². The van der Waals surface area contributed by atoms with E-state index in [1.54, 1.807) is 49.8 Å². The van der Waals surface area contributed by atoms with Crippen molar-refractivity contribution in [3.63, 3.8) is 0 Å². The number of aryl methyl sites for hydroxylation is 1. The summed E-state index contributed by atoms with van der Waals surface area (Å²) < 4.78 is 34.9. The van der Waals surface area contributed by atoms with E-state index in [4.69, 9.17) is 20.9 Å². The molecule has 6 aromatic rings. The molecule has 5 heterocycles. The Morgan fingerprint density at radius 3 is 2.43 bits per heavy atom. The molecule has 0 unspecified atom stereocenters. The number of imidazole rings is 1. The predicted octanol–water partition coefficient (Wildman–Crippen LogP) is 5.96. The van der Waals surface area contributed by atoms with Crippen molar-refractivity contribution in [3.05, 3.63) is 93.9 Å². The number of methoxy groups -OCH3 is 1. The number of nitrogens with one attached hydrogen (secondary N) is 2. The van der Waals surface area contributed by atoms with E-state index in [0.29, 0.717) is 51.4 Å². The molecule has 11 nitrogen and oxygen atoms in total. The maximum absolute atomic E-state index is 13.0. The number of ether oxygens (including phenoxy) is 1. The molecule has 0 radical (unpaired) electrons. The van der Waals surface area contributed by atoms with E-state index < -0.39 is 10.1 Å². The predicted molar refractivity (Wildman–Crippen MR) is 168 cm³/mol. The van der Waals surface area contributed by atoms with Crippen molar-refractivity contribution in [3.8, 4) is 28.4 Å². The van der Waals surface area contributed by atoms with Gasteiger partial charge in [0, 0.05) is 41.5 Å². The largest absolute Gasteiger partial charge is 0.496 e. The second kappa shape index (κ2) is 11.8. The monoisotopic (exact) mass is 630 g/mol. The van der Waals surface area contributed by atoms with E-state index >= 15 is 0 Å². The molecule has 0 amide bonds. The maximum Gasteiger partial charge on any atom is 0.294 e. The molecule has 0 aliphatic heterocycles. The number of rotatable bonds is 6. The Kier molecular flexibility index (Phi) is 7.89. The van der Waals surface area contributed by atoms with Crippen LogP contribution in [0.25, 0.3) is 44.6 Å². The van der Waals surface area contributed by atoms with Crippen LogP contribution >= 0.6 is 11.6 Å². The van der Waals surface area contributed by atoms with Crippen molar-refractivity contribution in [2.75, 3.05) is 7.11 Å². The van der Waals surface area contributed by atoms with Crippen molar-refractivity contribution >= 4 is 43.7 Å². The van der Waals surface area contributed by atoms with E-state index in [1.165, 1.54) is 12.1 Å². The molecule has 1 saturated carbocycles. The van der Waals surface area contributed by atoms with Gasteiger partial charge in [0.1, 0.15) is 22.2 Å². The fourth-order valence-corrected chi connectivity index (χ4v) is 5.64. The molecule has 1 aliphatic rings. The molecular formula is C31H27ClN6O5S. The average Bonchev–Trinajstić information content (AvgIpc) is 3.79. The fraction of sp³-hybridized carbons (Fsp3) is 0.194. The summed E-state index contributed by atoms with van der Waals surface area (Å²) in [6.07, 6.45) is 6.47. The highest BCUT2D eigenvalue weighted by molar-refractivity contribution is 7.85. The van der Waals surface area contributed by atoms with Gasteiger partial charge in [-0.3, -0.25) is 19.3 Å². The Morgan fingerprint density at radius 2 is 1.77 bits per heavy atom. The topological polar surface area (TPSA) is 164 Å². The van der Waals surface area contributed by atoms with Gasteiger partial charge in [0.25, 0.3) is 15.7 Å². The molecule has 1 fully saturated rings. The van der Waals surface area contributed by atoms with Crippen LogP contribution in [0.4, 0.5) is 0 Å². The van der Waals surface area contributed by atoms with Gasteiger partial charge in [0.15, 0.2) is 0 Å². The van der Waals surface area contributed by atoms with Gasteiger partial charge in [-0.05, 0) is 43.5 Å². The zero-order chi connectivity index (χ0) is 31.0. The van der Waals surface area contributed by atoms with Crippen LogP contribution in [-0.2, 0) is 16.5 Å². The SMILES string of the molecule is CCc1nc(Cl)cc2[nH]c(-c3cc4c(-c5cnc(C6CC6)cc5OC)nccc4[nH]c3=O)nc12.O=S(=O)(O)c1ccccc1. The van der Waals surface area contributed by atoms with Crippen LogP contribution in [0.1, 0.15) is 37.1 Å². The summed E-state index contributed by atoms with van der Waals surface area (Å²) in [5.41, 5.74) is 5.51. The van der Waals surface area contributed by atoms with Gasteiger partial charge in [0.05, 0.1) is 45.6 Å². The van der Waals surface area contributed by atoms with Crippen molar-refractivity contribution < 1.29 is 17.7 Å². The minimum atomic E-state index is -4.00. The Bertz CT molecular complexity index is 2180. The lowest BCUT2D eigenvalue weighted by Crippen LogP contribution is -2.10. The number of halogens is 1. The first-order chi connectivity index (χ1) is 21.2. The van der Waals surface area contributed by atoms with E-state index in [-0.39, 0.29) is 10.5 Å². The van der Waals surface area contributed by atoms with Gasteiger partial charge in [0.2, 0.25) is 0 Å². The third-order valence-electron chi connectivity index (χ3n) is 7.27. The third-order valence-corrected chi connectivity index (χ3v) is 8.33. The number of nitrogens with zero attached hydrogens (tertiary/aromatic N) is 4. The Balaban J connectivity index is 0.000000294. The lowest BCUT2D eigenvalue weighted by molar-refractivity contribution is 0.415. The van der Waals surface area contributed by atoms with E-state index in [0.717, 1.165) is 40.7 Å². The molecule has 13 heteroatoms. The van der Waals surface area contributed by atoms with Gasteiger partial charge in [-0.15, -0.1) is 0 Å². The smallest absolute Gasteiger partial charge is 0.294 e. The van der Waals surface area contributed by atoms with Gasteiger partial charge in [-0.25, -0.2) is 9.97 Å². The molecular weight excluding hydrogens is 604 g/mol. The highest BCUT2D eigenvalue weighted by Crippen LogP contribution is 2.42. The van der Waals surface area contributed by atoms with Crippen LogP contribution in [-0.4, -0.2) is 50.0 Å². The number of aromatic amines is 2. The molecule has 44 heavy (non-hydrogen) atoms. The van der Waals surface area contributed by atoms with Crippen LogP contribution < -0.4 is 10.3 Å². The van der Waals surface area contributed by atoms with E-state index in [2.05, 4.69) is 29.9 Å². The highest BCUT2D eigenvalue weighted by Gasteiger charge is 2.26. The van der Waals surface area contributed by atoms with Gasteiger partial charge in [-0.1, -0.05) is 36.7 Å². The Labute approximate surface area is 257 Å². The number of fused-ring (bicyclic) bond motifs is 2. The lowest BCUT2D eigenvalue weighted by atomic mass is 10.0. The first kappa shape index (κ1) is 29.4. The molecule has 7 rings (SSSR count). The van der Waals surface area contributed by atoms with Crippen molar-refractivity contribution in [1.82, 2.24) is 29.9 Å². The zero-order valence-electron chi connectivity index (χ0n) is 23.7. The summed E-state index contributed by atoms with van der Waals surface area (Å²) in [6.45, 7) is 1.99. The van der Waals surface area contributed by atoms with Crippen LogP contribution in [0.15, 0.2) is 76.7 Å². The molecule has 0 bridgehead atoms. The summed E-state index contributed by atoms with van der Waals surface area (Å²) in [6, 6.07) is 14.7. The number of H-pyrrole nitrogens is 2. The highest BCUT2D eigenvalue weighted by atomic mass is 35.5. The zero-order valence-corrected chi connectivity index (χ0v) is 25.3. The number of hydrogen-bond donors (Lipinski definition) is 3. The van der Waals surface area contributed by atoms with Gasteiger partial charge >= 0.3 is 0 Å². The van der Waals surface area contributed by atoms with Crippen molar-refractivity contribution in [1.29, 1.82) is 0 Å². The molecule has 1 aliphatic carbocycles. The summed E-state index contributed by atoms with van der Waals surface area (Å²) >= 11 is 6.17. The first-order valence-electron chi connectivity index (χ1n) is 13.8. The number of hydrogen-bond acceptors (Lipinski definition) is 8. The Hall–Kier alpha value is -4.65. The van der Waals surface area contributed by atoms with Crippen LogP contribution in [0, 0.1) is 0 Å². The number of aromatic nitrogens is 6. The normalized spacial score (nSPS) is 13.1.